The Kier molecular flexibility index (Phi) is 7.01. The molecule has 2 aromatic heterocycles. The van der Waals surface area contributed by atoms with E-state index in [1.165, 1.54) is 0 Å². The van der Waals surface area contributed by atoms with Gasteiger partial charge in [-0.15, -0.1) is 10.2 Å². The minimum Gasteiger partial charge on any atom is -0.497 e. The maximum absolute atomic E-state index is 12.6. The topological polar surface area (TPSA) is 123 Å². The van der Waals surface area contributed by atoms with E-state index in [0.717, 1.165) is 42.9 Å². The van der Waals surface area contributed by atoms with E-state index in [0.29, 0.717) is 62.2 Å². The Morgan fingerprint density at radius 3 is 2.77 bits per heavy atom. The number of nitrogens with one attached hydrogen (secondary N) is 1. The summed E-state index contributed by atoms with van der Waals surface area (Å²) in [5, 5.41) is 8.48. The van der Waals surface area contributed by atoms with Crippen molar-refractivity contribution in [3.8, 4) is 17.2 Å². The highest BCUT2D eigenvalue weighted by Crippen LogP contribution is 2.30. The fourth-order valence-corrected chi connectivity index (χ4v) is 4.59. The first-order valence-corrected chi connectivity index (χ1v) is 12.0. The number of H-pyrrole nitrogens is 1. The van der Waals surface area contributed by atoms with Crippen LogP contribution in [0.15, 0.2) is 33.5 Å². The lowest BCUT2D eigenvalue weighted by molar-refractivity contribution is -0.120. The smallest absolute Gasteiger partial charge is 0.256 e. The predicted octanol–water partition coefficient (Wildman–Crippen LogP) is 2.28. The van der Waals surface area contributed by atoms with E-state index in [-0.39, 0.29) is 17.3 Å². The zero-order valence-corrected chi connectivity index (χ0v) is 19.8. The number of rotatable bonds is 8. The first kappa shape index (κ1) is 23.4. The molecule has 10 heteroatoms. The van der Waals surface area contributed by atoms with E-state index < -0.39 is 0 Å². The Bertz CT molecular complexity index is 1230. The number of benzene rings is 1. The van der Waals surface area contributed by atoms with Crippen LogP contribution in [0.3, 0.4) is 0 Å². The van der Waals surface area contributed by atoms with Crippen LogP contribution < -0.4 is 10.3 Å². The van der Waals surface area contributed by atoms with Crippen molar-refractivity contribution >= 4 is 5.78 Å². The predicted molar refractivity (Wildman–Crippen MR) is 126 cm³/mol. The fraction of sp³-hybridized carbons (Fsp3) is 0.480. The standard InChI is InChI=1S/C25H29N5O5/c1-33-19-5-2-16(3-6-19)24-28-29-25(35-24)17-8-11-30(12-9-17)14-18(31)4-7-22-26-21-10-13-34-15-20(21)23(32)27-22/h2-3,5-6,17H,4,7-15H2,1H3,(H,26,27,32). The summed E-state index contributed by atoms with van der Waals surface area (Å²) in [4.78, 5) is 34.3. The van der Waals surface area contributed by atoms with E-state index >= 15 is 0 Å². The Morgan fingerprint density at radius 1 is 1.20 bits per heavy atom. The highest BCUT2D eigenvalue weighted by Gasteiger charge is 2.26. The monoisotopic (exact) mass is 479 g/mol. The molecule has 5 rings (SSSR count). The summed E-state index contributed by atoms with van der Waals surface area (Å²) in [5.74, 6) is 2.84. The summed E-state index contributed by atoms with van der Waals surface area (Å²) in [7, 11) is 1.63. The van der Waals surface area contributed by atoms with Gasteiger partial charge in [0, 0.05) is 30.7 Å². The number of hydrogen-bond donors (Lipinski definition) is 1. The molecule has 2 aliphatic heterocycles. The largest absolute Gasteiger partial charge is 0.497 e. The summed E-state index contributed by atoms with van der Waals surface area (Å²) in [6.07, 6.45) is 3.15. The van der Waals surface area contributed by atoms with Gasteiger partial charge in [0.2, 0.25) is 11.8 Å². The van der Waals surface area contributed by atoms with Crippen molar-refractivity contribution in [2.75, 3.05) is 33.4 Å². The van der Waals surface area contributed by atoms with E-state index in [1.54, 1.807) is 7.11 Å². The SMILES string of the molecule is COc1ccc(-c2nnc(C3CCN(CC(=O)CCc4nc5c(c(=O)[nH]4)COCC5)CC3)o2)cc1. The number of ether oxygens (including phenoxy) is 2. The number of carbonyl (C=O) groups excluding carboxylic acids is 1. The minimum absolute atomic E-state index is 0.145. The van der Waals surface area contributed by atoms with Crippen LogP contribution in [-0.4, -0.2) is 64.2 Å². The van der Waals surface area contributed by atoms with E-state index in [2.05, 4.69) is 25.1 Å². The van der Waals surface area contributed by atoms with Crippen LogP contribution in [0.5, 0.6) is 5.75 Å². The second-order valence-electron chi connectivity index (χ2n) is 9.00. The Morgan fingerprint density at radius 2 is 2.00 bits per heavy atom. The Hall–Kier alpha value is -3.37. The number of aromatic amines is 1. The zero-order valence-electron chi connectivity index (χ0n) is 19.8. The van der Waals surface area contributed by atoms with Crippen LogP contribution in [0.25, 0.3) is 11.5 Å². The fourth-order valence-electron chi connectivity index (χ4n) is 4.59. The Labute approximate surface area is 202 Å². The van der Waals surface area contributed by atoms with Crippen molar-refractivity contribution in [3.63, 3.8) is 0 Å². The van der Waals surface area contributed by atoms with Gasteiger partial charge in [0.25, 0.3) is 5.56 Å². The number of aryl methyl sites for hydroxylation is 1. The average Bonchev–Trinajstić information content (AvgIpc) is 3.38. The van der Waals surface area contributed by atoms with E-state index in [9.17, 15) is 9.59 Å². The second-order valence-corrected chi connectivity index (χ2v) is 9.00. The van der Waals surface area contributed by atoms with Crippen LogP contribution in [0.2, 0.25) is 0 Å². The highest BCUT2D eigenvalue weighted by molar-refractivity contribution is 5.80. The van der Waals surface area contributed by atoms with Crippen LogP contribution in [0, 0.1) is 0 Å². The average molecular weight is 480 g/mol. The van der Waals surface area contributed by atoms with Gasteiger partial charge in [0.1, 0.15) is 17.4 Å². The number of methoxy groups -OCH3 is 1. The summed E-state index contributed by atoms with van der Waals surface area (Å²) >= 11 is 0. The number of carbonyl (C=O) groups is 1. The number of likely N-dealkylation sites (tertiary alicyclic amines) is 1. The van der Waals surface area contributed by atoms with E-state index in [1.807, 2.05) is 24.3 Å². The molecule has 3 aromatic rings. The molecule has 184 valence electrons. The van der Waals surface area contributed by atoms with Gasteiger partial charge in [0.15, 0.2) is 0 Å². The van der Waals surface area contributed by atoms with Crippen molar-refractivity contribution < 1.29 is 18.7 Å². The molecule has 0 amide bonds. The molecular weight excluding hydrogens is 450 g/mol. The molecule has 0 aliphatic carbocycles. The summed E-state index contributed by atoms with van der Waals surface area (Å²) in [6.45, 7) is 2.87. The third-order valence-corrected chi connectivity index (χ3v) is 6.63. The molecule has 0 radical (unpaired) electrons. The molecule has 4 heterocycles. The third-order valence-electron chi connectivity index (χ3n) is 6.63. The highest BCUT2D eigenvalue weighted by atomic mass is 16.5. The van der Waals surface area contributed by atoms with Gasteiger partial charge in [-0.3, -0.25) is 14.5 Å². The van der Waals surface area contributed by atoms with Crippen LogP contribution in [0.4, 0.5) is 0 Å². The molecule has 1 fully saturated rings. The lowest BCUT2D eigenvalue weighted by atomic mass is 9.96. The van der Waals surface area contributed by atoms with Gasteiger partial charge in [-0.2, -0.15) is 0 Å². The van der Waals surface area contributed by atoms with Gasteiger partial charge in [0.05, 0.1) is 38.1 Å². The summed E-state index contributed by atoms with van der Waals surface area (Å²) < 4.78 is 16.5. The van der Waals surface area contributed by atoms with Gasteiger partial charge < -0.3 is 18.9 Å². The minimum atomic E-state index is -0.157. The molecule has 0 atom stereocenters. The van der Waals surface area contributed by atoms with Gasteiger partial charge in [-0.25, -0.2) is 4.98 Å². The summed E-state index contributed by atoms with van der Waals surface area (Å²) in [6, 6.07) is 7.52. The molecule has 10 nitrogen and oxygen atoms in total. The molecule has 0 saturated carbocycles. The van der Waals surface area contributed by atoms with Crippen molar-refractivity contribution in [1.82, 2.24) is 25.1 Å². The van der Waals surface area contributed by atoms with Crippen molar-refractivity contribution in [1.29, 1.82) is 0 Å². The third kappa shape index (κ3) is 5.49. The van der Waals surface area contributed by atoms with Crippen molar-refractivity contribution in [2.24, 2.45) is 0 Å². The lowest BCUT2D eigenvalue weighted by Gasteiger charge is -2.29. The second kappa shape index (κ2) is 10.5. The maximum Gasteiger partial charge on any atom is 0.256 e. The number of ketones is 1. The van der Waals surface area contributed by atoms with Gasteiger partial charge in [-0.05, 0) is 50.2 Å². The number of piperidine rings is 1. The molecule has 0 spiro atoms. The first-order valence-electron chi connectivity index (χ1n) is 12.0. The molecule has 0 bridgehead atoms. The molecular formula is C25H29N5O5. The Balaban J connectivity index is 1.10. The number of aromatic nitrogens is 4. The van der Waals surface area contributed by atoms with Gasteiger partial charge >= 0.3 is 0 Å². The maximum atomic E-state index is 12.6. The quantitative estimate of drug-likeness (QED) is 0.518. The van der Waals surface area contributed by atoms with Gasteiger partial charge in [-0.1, -0.05) is 0 Å². The number of hydrogen-bond acceptors (Lipinski definition) is 9. The number of nitrogens with zero attached hydrogens (tertiary/aromatic N) is 4. The van der Waals surface area contributed by atoms with Crippen LogP contribution in [0.1, 0.15) is 48.2 Å². The van der Waals surface area contributed by atoms with E-state index in [4.69, 9.17) is 13.9 Å². The molecule has 1 N–H and O–H groups in total. The normalized spacial score (nSPS) is 16.7. The zero-order chi connectivity index (χ0) is 24.2. The lowest BCUT2D eigenvalue weighted by Crippen LogP contribution is -2.37. The number of fused-ring (bicyclic) bond motifs is 1. The van der Waals surface area contributed by atoms with Crippen LogP contribution >= 0.6 is 0 Å². The first-order chi connectivity index (χ1) is 17.1. The molecule has 0 unspecified atom stereocenters. The molecule has 35 heavy (non-hydrogen) atoms. The molecule has 1 aromatic carbocycles. The molecule has 1 saturated heterocycles. The number of Topliss-reactive ketones (excluding diaryl/α,β-unsaturated/α-hetero) is 1. The summed E-state index contributed by atoms with van der Waals surface area (Å²) in [5.41, 5.74) is 2.10. The van der Waals surface area contributed by atoms with Crippen molar-refractivity contribution in [2.45, 2.75) is 44.6 Å². The van der Waals surface area contributed by atoms with Crippen LogP contribution in [-0.2, 0) is 29.0 Å². The molecule has 2 aliphatic rings. The van der Waals surface area contributed by atoms with Crippen molar-refractivity contribution in [3.05, 3.63) is 57.6 Å².